The van der Waals surface area contributed by atoms with Crippen LogP contribution >= 0.6 is 0 Å². The van der Waals surface area contributed by atoms with E-state index in [9.17, 15) is 9.90 Å². The fourth-order valence-corrected chi connectivity index (χ4v) is 1.65. The lowest BCUT2D eigenvalue weighted by molar-refractivity contribution is 0.162. The van der Waals surface area contributed by atoms with Gasteiger partial charge in [0.1, 0.15) is 0 Å². The summed E-state index contributed by atoms with van der Waals surface area (Å²) in [6, 6.07) is 2.83. The normalized spacial score (nSPS) is 13.7. The van der Waals surface area contributed by atoms with E-state index in [2.05, 4.69) is 20.8 Å². The number of nitrogens with one attached hydrogen (secondary N) is 2. The van der Waals surface area contributed by atoms with Gasteiger partial charge in [-0.2, -0.15) is 5.10 Å². The molecule has 6 heteroatoms. The van der Waals surface area contributed by atoms with Crippen molar-refractivity contribution in [2.24, 2.45) is 5.41 Å². The molecule has 6 nitrogen and oxygen atoms in total. The molecule has 1 heterocycles. The van der Waals surface area contributed by atoms with Crippen molar-refractivity contribution in [3.63, 3.8) is 0 Å². The van der Waals surface area contributed by atoms with Crippen LogP contribution in [-0.2, 0) is 5.41 Å². The Balaban J connectivity index is 2.67. The Labute approximate surface area is 126 Å². The Hall–Kier alpha value is -1.69. The number of aromatic nitrogens is 2. The van der Waals surface area contributed by atoms with Crippen molar-refractivity contribution in [1.82, 2.24) is 15.5 Å². The summed E-state index contributed by atoms with van der Waals surface area (Å²) in [7, 11) is 0. The quantitative estimate of drug-likeness (QED) is 0.798. The van der Waals surface area contributed by atoms with Gasteiger partial charge in [-0.3, -0.25) is 5.32 Å². The van der Waals surface area contributed by atoms with Gasteiger partial charge in [-0.25, -0.2) is 4.79 Å². The van der Waals surface area contributed by atoms with E-state index in [1.54, 1.807) is 6.07 Å². The monoisotopic (exact) mass is 294 g/mol. The number of carbonyl (C=O) groups excluding carboxylic acids is 1. The molecule has 0 aromatic carbocycles. The van der Waals surface area contributed by atoms with Crippen LogP contribution in [0, 0.1) is 5.41 Å². The van der Waals surface area contributed by atoms with E-state index in [0.29, 0.717) is 5.82 Å². The maximum atomic E-state index is 11.9. The topological polar surface area (TPSA) is 87.1 Å². The first kappa shape index (κ1) is 17.4. The number of amides is 2. The van der Waals surface area contributed by atoms with E-state index in [-0.39, 0.29) is 23.5 Å². The first-order valence-corrected chi connectivity index (χ1v) is 7.06. The second kappa shape index (κ2) is 6.39. The highest BCUT2D eigenvalue weighted by Gasteiger charge is 2.25. The van der Waals surface area contributed by atoms with Crippen molar-refractivity contribution in [3.05, 3.63) is 17.8 Å². The zero-order valence-electron chi connectivity index (χ0n) is 13.7. The fraction of sp³-hybridized carbons (Fsp3) is 0.667. The molecule has 0 aliphatic rings. The molecule has 0 spiro atoms. The largest absolute Gasteiger partial charge is 0.394 e. The van der Waals surface area contributed by atoms with Crippen LogP contribution in [0.25, 0.3) is 0 Å². The van der Waals surface area contributed by atoms with Gasteiger partial charge in [0.25, 0.3) is 0 Å². The van der Waals surface area contributed by atoms with Crippen molar-refractivity contribution in [2.75, 3.05) is 11.9 Å². The van der Waals surface area contributed by atoms with Crippen LogP contribution < -0.4 is 10.6 Å². The molecule has 0 aliphatic carbocycles. The molecule has 118 valence electrons. The van der Waals surface area contributed by atoms with Crippen molar-refractivity contribution < 1.29 is 9.90 Å². The number of aliphatic hydroxyl groups is 1. The van der Waals surface area contributed by atoms with Crippen molar-refractivity contribution >= 4 is 11.8 Å². The third-order valence-electron chi connectivity index (χ3n) is 3.21. The minimum Gasteiger partial charge on any atom is -0.394 e. The first-order chi connectivity index (χ1) is 9.54. The summed E-state index contributed by atoms with van der Waals surface area (Å²) in [5, 5.41) is 22.8. The van der Waals surface area contributed by atoms with Gasteiger partial charge in [0.15, 0.2) is 5.82 Å². The third-order valence-corrected chi connectivity index (χ3v) is 3.21. The molecule has 1 aromatic rings. The van der Waals surface area contributed by atoms with Crippen molar-refractivity contribution in [2.45, 2.75) is 53.0 Å². The molecular formula is C15H26N4O2. The molecule has 1 atom stereocenters. The summed E-state index contributed by atoms with van der Waals surface area (Å²) >= 11 is 0. The number of carbonyl (C=O) groups is 1. The van der Waals surface area contributed by atoms with E-state index in [1.165, 1.54) is 0 Å². The average molecular weight is 294 g/mol. The summed E-state index contributed by atoms with van der Waals surface area (Å²) in [6.07, 6.45) is 0. The highest BCUT2D eigenvalue weighted by atomic mass is 16.3. The Kier molecular flexibility index (Phi) is 5.28. The third kappa shape index (κ3) is 5.30. The second-order valence-corrected chi connectivity index (χ2v) is 7.25. The van der Waals surface area contributed by atoms with Crippen LogP contribution in [0.3, 0.4) is 0 Å². The Morgan fingerprint density at radius 2 is 1.81 bits per heavy atom. The number of aliphatic hydroxyl groups excluding tert-OH is 1. The van der Waals surface area contributed by atoms with Gasteiger partial charge in [0.05, 0.1) is 18.3 Å². The average Bonchev–Trinajstić information content (AvgIpc) is 2.34. The summed E-state index contributed by atoms with van der Waals surface area (Å²) in [6.45, 7) is 11.9. The van der Waals surface area contributed by atoms with Crippen LogP contribution in [0.1, 0.15) is 47.2 Å². The molecule has 0 radical (unpaired) electrons. The second-order valence-electron chi connectivity index (χ2n) is 7.25. The molecule has 1 rings (SSSR count). The van der Waals surface area contributed by atoms with Gasteiger partial charge >= 0.3 is 6.03 Å². The number of nitrogens with zero attached hydrogens (tertiary/aromatic N) is 2. The maximum Gasteiger partial charge on any atom is 0.320 e. The lowest BCUT2D eigenvalue weighted by atomic mass is 9.87. The first-order valence-electron chi connectivity index (χ1n) is 7.06. The van der Waals surface area contributed by atoms with Crippen LogP contribution in [0.15, 0.2) is 12.1 Å². The smallest absolute Gasteiger partial charge is 0.320 e. The molecule has 0 bridgehead atoms. The minimum atomic E-state index is -0.401. The number of hydrogen-bond acceptors (Lipinski definition) is 4. The van der Waals surface area contributed by atoms with E-state index >= 15 is 0 Å². The molecule has 0 aliphatic heterocycles. The Morgan fingerprint density at radius 3 is 2.19 bits per heavy atom. The highest BCUT2D eigenvalue weighted by Crippen LogP contribution is 2.20. The van der Waals surface area contributed by atoms with E-state index < -0.39 is 6.03 Å². The summed E-state index contributed by atoms with van der Waals surface area (Å²) in [4.78, 5) is 11.9. The zero-order valence-corrected chi connectivity index (χ0v) is 13.7. The summed E-state index contributed by atoms with van der Waals surface area (Å²) < 4.78 is 0. The number of hydrogen-bond donors (Lipinski definition) is 3. The lowest BCUT2D eigenvalue weighted by Gasteiger charge is -2.29. The van der Waals surface area contributed by atoms with Crippen LogP contribution in [0.2, 0.25) is 0 Å². The van der Waals surface area contributed by atoms with Gasteiger partial charge in [-0.1, -0.05) is 41.5 Å². The van der Waals surface area contributed by atoms with Crippen LogP contribution in [0.5, 0.6) is 0 Å². The predicted octanol–water partition coefficient (Wildman–Crippen LogP) is 2.30. The van der Waals surface area contributed by atoms with Gasteiger partial charge in [-0.15, -0.1) is 5.10 Å². The van der Waals surface area contributed by atoms with Crippen molar-refractivity contribution in [1.29, 1.82) is 0 Å². The minimum absolute atomic E-state index is 0.0813. The fourth-order valence-electron chi connectivity index (χ4n) is 1.65. The number of anilines is 1. The molecule has 21 heavy (non-hydrogen) atoms. The Bertz CT molecular complexity index is 472. The summed E-state index contributed by atoms with van der Waals surface area (Å²) in [5.41, 5.74) is 0.548. The number of rotatable bonds is 3. The molecule has 1 aromatic heterocycles. The van der Waals surface area contributed by atoms with Crippen LogP contribution in [-0.4, -0.2) is 34.0 Å². The van der Waals surface area contributed by atoms with E-state index in [0.717, 1.165) is 5.69 Å². The highest BCUT2D eigenvalue weighted by molar-refractivity contribution is 5.88. The molecule has 3 N–H and O–H groups in total. The summed E-state index contributed by atoms with van der Waals surface area (Å²) in [5.74, 6) is 0.381. The van der Waals surface area contributed by atoms with Gasteiger partial charge < -0.3 is 10.4 Å². The molecule has 0 saturated carbocycles. The van der Waals surface area contributed by atoms with Gasteiger partial charge in [0.2, 0.25) is 0 Å². The van der Waals surface area contributed by atoms with Crippen LogP contribution in [0.4, 0.5) is 10.6 Å². The molecule has 0 saturated heterocycles. The molecular weight excluding hydrogens is 268 g/mol. The maximum absolute atomic E-state index is 11.9. The standard InChI is InChI=1S/C15H26N4O2/c1-14(2,3)10-7-8-12(19-18-10)17-13(21)16-11(9-20)15(4,5)6/h7-8,11,20H,9H2,1-6H3,(H2,16,17,19,21)/t11-/m1/s1. The lowest BCUT2D eigenvalue weighted by Crippen LogP contribution is -2.47. The van der Waals surface area contributed by atoms with Gasteiger partial charge in [0, 0.05) is 5.41 Å². The predicted molar refractivity (Wildman–Crippen MR) is 83.2 cm³/mol. The molecule has 2 amide bonds. The van der Waals surface area contributed by atoms with E-state index in [1.807, 2.05) is 47.6 Å². The SMILES string of the molecule is CC(C)(C)c1ccc(NC(=O)N[C@H](CO)C(C)(C)C)nn1. The van der Waals surface area contributed by atoms with E-state index in [4.69, 9.17) is 0 Å². The Morgan fingerprint density at radius 1 is 1.19 bits per heavy atom. The van der Waals surface area contributed by atoms with Crippen molar-refractivity contribution in [3.8, 4) is 0 Å². The molecule has 0 fully saturated rings. The number of urea groups is 1. The molecule has 0 unspecified atom stereocenters. The zero-order chi connectivity index (χ0) is 16.3. The van der Waals surface area contributed by atoms with Gasteiger partial charge in [-0.05, 0) is 17.5 Å².